The predicted molar refractivity (Wildman–Crippen MR) is 119 cm³/mol. The van der Waals surface area contributed by atoms with Gasteiger partial charge in [0.15, 0.2) is 5.96 Å². The number of likely N-dealkylation sites (tertiary alicyclic amines) is 1. The summed E-state index contributed by atoms with van der Waals surface area (Å²) in [6.45, 7) is 7.93. The molecular formula is C22H33ClN4O3. The summed E-state index contributed by atoms with van der Waals surface area (Å²) >= 11 is 6.10. The van der Waals surface area contributed by atoms with E-state index in [1.54, 1.807) is 0 Å². The van der Waals surface area contributed by atoms with E-state index in [9.17, 15) is 4.79 Å². The molecule has 1 N–H and O–H groups in total. The van der Waals surface area contributed by atoms with Crippen LogP contribution < -0.4 is 5.32 Å². The van der Waals surface area contributed by atoms with E-state index in [0.717, 1.165) is 69.8 Å². The van der Waals surface area contributed by atoms with Crippen LogP contribution in [0.5, 0.6) is 0 Å². The van der Waals surface area contributed by atoms with E-state index >= 15 is 0 Å². The van der Waals surface area contributed by atoms with Gasteiger partial charge in [-0.05, 0) is 37.5 Å². The number of esters is 1. The van der Waals surface area contributed by atoms with Crippen molar-refractivity contribution in [2.45, 2.75) is 25.8 Å². The molecule has 0 radical (unpaired) electrons. The minimum Gasteiger partial charge on any atom is -0.466 e. The third kappa shape index (κ3) is 6.09. The molecule has 0 aromatic heterocycles. The second kappa shape index (κ2) is 11.5. The van der Waals surface area contributed by atoms with Crippen LogP contribution in [0.15, 0.2) is 29.3 Å². The zero-order valence-corrected chi connectivity index (χ0v) is 18.7. The van der Waals surface area contributed by atoms with Gasteiger partial charge >= 0.3 is 5.97 Å². The number of aliphatic imine (C=N–C) groups is 1. The van der Waals surface area contributed by atoms with Crippen LogP contribution >= 0.6 is 11.6 Å². The Morgan fingerprint density at radius 1 is 1.23 bits per heavy atom. The van der Waals surface area contributed by atoms with Crippen molar-refractivity contribution in [1.82, 2.24) is 15.1 Å². The van der Waals surface area contributed by atoms with E-state index in [-0.39, 0.29) is 17.9 Å². The Hall–Kier alpha value is -1.83. The molecule has 2 saturated heterocycles. The highest BCUT2D eigenvalue weighted by atomic mass is 35.5. The number of benzene rings is 1. The summed E-state index contributed by atoms with van der Waals surface area (Å²) in [7, 11) is 1.81. The summed E-state index contributed by atoms with van der Waals surface area (Å²) < 4.78 is 10.7. The Labute approximate surface area is 184 Å². The van der Waals surface area contributed by atoms with Gasteiger partial charge in [-0.2, -0.15) is 0 Å². The number of carbonyl (C=O) groups is 1. The number of ether oxygens (including phenoxy) is 2. The van der Waals surface area contributed by atoms with Crippen LogP contribution in [0.4, 0.5) is 0 Å². The third-order valence-electron chi connectivity index (χ3n) is 5.82. The highest BCUT2D eigenvalue weighted by molar-refractivity contribution is 6.30. The maximum Gasteiger partial charge on any atom is 0.309 e. The summed E-state index contributed by atoms with van der Waals surface area (Å²) in [5, 5.41) is 4.31. The Bertz CT molecular complexity index is 699. The summed E-state index contributed by atoms with van der Waals surface area (Å²) in [6, 6.07) is 8.29. The van der Waals surface area contributed by atoms with Crippen molar-refractivity contribution < 1.29 is 14.3 Å². The van der Waals surface area contributed by atoms with E-state index in [0.29, 0.717) is 6.61 Å². The second-order valence-electron chi connectivity index (χ2n) is 7.66. The largest absolute Gasteiger partial charge is 0.466 e. The van der Waals surface area contributed by atoms with Crippen molar-refractivity contribution in [3.05, 3.63) is 34.9 Å². The lowest BCUT2D eigenvalue weighted by molar-refractivity contribution is -0.149. The topological polar surface area (TPSA) is 66.4 Å². The molecule has 0 bridgehead atoms. The Morgan fingerprint density at radius 3 is 2.50 bits per heavy atom. The van der Waals surface area contributed by atoms with Gasteiger partial charge in [-0.25, -0.2) is 0 Å². The number of halogens is 1. The molecule has 8 heteroatoms. The van der Waals surface area contributed by atoms with Gasteiger partial charge in [0.2, 0.25) is 0 Å². The molecule has 0 aliphatic carbocycles. The third-order valence-corrected chi connectivity index (χ3v) is 6.07. The minimum absolute atomic E-state index is 0.00512. The summed E-state index contributed by atoms with van der Waals surface area (Å²) in [4.78, 5) is 21.2. The standard InChI is InChI=1S/C22H33ClN4O3/c1-3-30-21(28)18-8-10-27(11-9-18)22(24-2)25-16-20(26-12-14-29-15-13-26)17-4-6-19(23)7-5-17/h4-7,18,20H,3,8-16H2,1-2H3,(H,24,25). The number of nitrogens with zero attached hydrogens (tertiary/aromatic N) is 3. The lowest BCUT2D eigenvalue weighted by Gasteiger charge is -2.37. The minimum atomic E-state index is -0.0739. The fourth-order valence-electron chi connectivity index (χ4n) is 4.14. The number of rotatable bonds is 6. The van der Waals surface area contributed by atoms with Gasteiger partial charge in [0, 0.05) is 44.8 Å². The average Bonchev–Trinajstić information content (AvgIpc) is 2.79. The normalized spacial score (nSPS) is 20.1. The molecule has 166 valence electrons. The molecule has 1 aromatic carbocycles. The molecule has 2 fully saturated rings. The van der Waals surface area contributed by atoms with Crippen molar-refractivity contribution in [3.8, 4) is 0 Å². The molecule has 0 amide bonds. The molecule has 1 unspecified atom stereocenters. The fourth-order valence-corrected chi connectivity index (χ4v) is 4.27. The number of carbonyl (C=O) groups excluding carboxylic acids is 1. The molecule has 0 spiro atoms. The highest BCUT2D eigenvalue weighted by Crippen LogP contribution is 2.24. The van der Waals surface area contributed by atoms with Gasteiger partial charge in [0.05, 0.1) is 31.8 Å². The molecule has 2 aliphatic heterocycles. The van der Waals surface area contributed by atoms with Crippen LogP contribution in [0.1, 0.15) is 31.4 Å². The first-order valence-electron chi connectivity index (χ1n) is 10.8. The van der Waals surface area contributed by atoms with E-state index < -0.39 is 0 Å². The first-order valence-corrected chi connectivity index (χ1v) is 11.2. The molecule has 1 aromatic rings. The van der Waals surface area contributed by atoms with Crippen LogP contribution in [-0.4, -0.2) is 81.3 Å². The molecule has 3 rings (SSSR count). The Kier molecular flexibility index (Phi) is 8.78. The zero-order valence-electron chi connectivity index (χ0n) is 18.0. The summed E-state index contributed by atoms with van der Waals surface area (Å²) in [5.41, 5.74) is 1.23. The number of nitrogens with one attached hydrogen (secondary N) is 1. The number of piperidine rings is 1. The van der Waals surface area contributed by atoms with Gasteiger partial charge in [-0.3, -0.25) is 14.7 Å². The monoisotopic (exact) mass is 436 g/mol. The maximum absolute atomic E-state index is 12.0. The van der Waals surface area contributed by atoms with Crippen LogP contribution in [0.25, 0.3) is 0 Å². The van der Waals surface area contributed by atoms with Crippen molar-refractivity contribution in [2.24, 2.45) is 10.9 Å². The van der Waals surface area contributed by atoms with Gasteiger partial charge in [-0.1, -0.05) is 23.7 Å². The van der Waals surface area contributed by atoms with Crippen LogP contribution in [0, 0.1) is 5.92 Å². The van der Waals surface area contributed by atoms with Crippen LogP contribution in [0.3, 0.4) is 0 Å². The molecule has 30 heavy (non-hydrogen) atoms. The quantitative estimate of drug-likeness (QED) is 0.420. The fraction of sp³-hybridized carbons (Fsp3) is 0.636. The highest BCUT2D eigenvalue weighted by Gasteiger charge is 2.28. The molecule has 0 saturated carbocycles. The number of guanidine groups is 1. The Balaban J connectivity index is 1.60. The van der Waals surface area contributed by atoms with Crippen molar-refractivity contribution in [2.75, 3.05) is 59.6 Å². The van der Waals surface area contributed by atoms with E-state index in [1.807, 2.05) is 26.1 Å². The van der Waals surface area contributed by atoms with Crippen LogP contribution in [0.2, 0.25) is 5.02 Å². The summed E-state index contributed by atoms with van der Waals surface area (Å²) in [6.07, 6.45) is 1.59. The summed E-state index contributed by atoms with van der Waals surface area (Å²) in [5.74, 6) is 0.800. The lowest BCUT2D eigenvalue weighted by atomic mass is 9.97. The van der Waals surface area contributed by atoms with Gasteiger partial charge in [0.1, 0.15) is 0 Å². The van der Waals surface area contributed by atoms with Crippen molar-refractivity contribution in [1.29, 1.82) is 0 Å². The van der Waals surface area contributed by atoms with Crippen molar-refractivity contribution in [3.63, 3.8) is 0 Å². The van der Waals surface area contributed by atoms with Crippen LogP contribution in [-0.2, 0) is 14.3 Å². The zero-order chi connectivity index (χ0) is 21.3. The molecule has 2 heterocycles. The number of morpholine rings is 1. The second-order valence-corrected chi connectivity index (χ2v) is 8.09. The lowest BCUT2D eigenvalue weighted by Crippen LogP contribution is -2.50. The molecular weight excluding hydrogens is 404 g/mol. The first kappa shape index (κ1) is 22.8. The van der Waals surface area contributed by atoms with Gasteiger partial charge < -0.3 is 19.7 Å². The number of hydrogen-bond donors (Lipinski definition) is 1. The average molecular weight is 437 g/mol. The molecule has 1 atom stereocenters. The van der Waals surface area contributed by atoms with E-state index in [4.69, 9.17) is 21.1 Å². The molecule has 7 nitrogen and oxygen atoms in total. The van der Waals surface area contributed by atoms with Gasteiger partial charge in [-0.15, -0.1) is 0 Å². The maximum atomic E-state index is 12.0. The van der Waals surface area contributed by atoms with E-state index in [2.05, 4.69) is 32.2 Å². The predicted octanol–water partition coefficient (Wildman–Crippen LogP) is 2.56. The smallest absolute Gasteiger partial charge is 0.309 e. The molecule has 2 aliphatic rings. The SMILES string of the molecule is CCOC(=O)C1CCN(C(=NC)NCC(c2ccc(Cl)cc2)N2CCOCC2)CC1. The first-order chi connectivity index (χ1) is 14.6. The Morgan fingerprint density at radius 2 is 1.90 bits per heavy atom. The van der Waals surface area contributed by atoms with E-state index in [1.165, 1.54) is 5.56 Å². The number of hydrogen-bond acceptors (Lipinski definition) is 5. The van der Waals surface area contributed by atoms with Gasteiger partial charge in [0.25, 0.3) is 0 Å². The van der Waals surface area contributed by atoms with Crippen molar-refractivity contribution >= 4 is 23.5 Å².